The fourth-order valence-electron chi connectivity index (χ4n) is 4.28. The first-order valence-electron chi connectivity index (χ1n) is 10.4. The number of aromatic nitrogens is 3. The average molecular weight is 397 g/mol. The summed E-state index contributed by atoms with van der Waals surface area (Å²) in [5.41, 5.74) is 4.99. The normalized spacial score (nSPS) is 13.1. The lowest BCUT2D eigenvalue weighted by Crippen LogP contribution is -1.99. The standard InChI is InChI=1S/C28H19N3/c1-2-10-19(9-1)25-18-26(31-28(30-25)24-15-7-8-16-29-24)27-22-13-5-3-11-20(22)17-21-12-4-6-14-23(21)27/h1-9,11-18H,10H2. The molecule has 1 aliphatic carbocycles. The fraction of sp³-hybridized carbons (Fsp3) is 0.0357. The number of benzene rings is 3. The van der Waals surface area contributed by atoms with Crippen molar-refractivity contribution in [1.82, 2.24) is 15.0 Å². The van der Waals surface area contributed by atoms with E-state index in [1.54, 1.807) is 6.20 Å². The second-order valence-electron chi connectivity index (χ2n) is 7.70. The van der Waals surface area contributed by atoms with Crippen molar-refractivity contribution in [3.63, 3.8) is 0 Å². The zero-order valence-electron chi connectivity index (χ0n) is 16.9. The van der Waals surface area contributed by atoms with E-state index in [4.69, 9.17) is 9.97 Å². The molecule has 6 rings (SSSR count). The van der Waals surface area contributed by atoms with Crippen LogP contribution in [0.4, 0.5) is 0 Å². The van der Waals surface area contributed by atoms with Gasteiger partial charge in [-0.3, -0.25) is 4.98 Å². The zero-order valence-corrected chi connectivity index (χ0v) is 16.9. The summed E-state index contributed by atoms with van der Waals surface area (Å²) in [5.74, 6) is 0.651. The van der Waals surface area contributed by atoms with Gasteiger partial charge in [0.2, 0.25) is 0 Å². The van der Waals surface area contributed by atoms with Gasteiger partial charge in [0, 0.05) is 11.8 Å². The van der Waals surface area contributed by atoms with Gasteiger partial charge in [0.25, 0.3) is 0 Å². The molecule has 31 heavy (non-hydrogen) atoms. The third-order valence-corrected chi connectivity index (χ3v) is 5.75. The lowest BCUT2D eigenvalue weighted by atomic mass is 9.94. The summed E-state index contributed by atoms with van der Waals surface area (Å²) in [5, 5.41) is 4.79. The van der Waals surface area contributed by atoms with Gasteiger partial charge in [0.05, 0.1) is 11.4 Å². The van der Waals surface area contributed by atoms with Crippen molar-refractivity contribution in [2.24, 2.45) is 0 Å². The molecule has 2 heterocycles. The quantitative estimate of drug-likeness (QED) is 0.312. The number of pyridine rings is 1. The average Bonchev–Trinajstić information content (AvgIpc) is 3.38. The van der Waals surface area contributed by atoms with Crippen LogP contribution >= 0.6 is 0 Å². The van der Waals surface area contributed by atoms with E-state index in [9.17, 15) is 0 Å². The molecule has 0 N–H and O–H groups in total. The minimum Gasteiger partial charge on any atom is -0.253 e. The molecule has 3 heteroatoms. The molecule has 0 saturated heterocycles. The molecular weight excluding hydrogens is 378 g/mol. The summed E-state index contributed by atoms with van der Waals surface area (Å²) in [6.07, 6.45) is 9.05. The lowest BCUT2D eigenvalue weighted by Gasteiger charge is -2.14. The Kier molecular flexibility index (Phi) is 4.17. The monoisotopic (exact) mass is 397 g/mol. The summed E-state index contributed by atoms with van der Waals surface area (Å²) < 4.78 is 0. The Bertz CT molecular complexity index is 1440. The van der Waals surface area contributed by atoms with Gasteiger partial charge in [0.1, 0.15) is 5.69 Å². The van der Waals surface area contributed by atoms with Crippen LogP contribution in [0, 0.1) is 0 Å². The molecule has 0 unspecified atom stereocenters. The first kappa shape index (κ1) is 17.7. The molecule has 0 amide bonds. The zero-order chi connectivity index (χ0) is 20.6. The highest BCUT2D eigenvalue weighted by Crippen LogP contribution is 2.37. The Morgan fingerprint density at radius 1 is 0.645 bits per heavy atom. The molecular formula is C28H19N3. The number of nitrogens with zero attached hydrogens (tertiary/aromatic N) is 3. The van der Waals surface area contributed by atoms with Crippen molar-refractivity contribution >= 4 is 27.1 Å². The van der Waals surface area contributed by atoms with E-state index in [1.165, 1.54) is 27.1 Å². The number of rotatable bonds is 3. The Labute approximate surface area is 180 Å². The maximum absolute atomic E-state index is 5.02. The van der Waals surface area contributed by atoms with Crippen LogP contribution < -0.4 is 0 Å². The second kappa shape index (κ2) is 7.29. The van der Waals surface area contributed by atoms with Crippen LogP contribution in [0.2, 0.25) is 0 Å². The van der Waals surface area contributed by atoms with Crippen molar-refractivity contribution < 1.29 is 0 Å². The highest BCUT2D eigenvalue weighted by molar-refractivity contribution is 6.12. The SMILES string of the molecule is C1=CCC(c2cc(-c3c4ccccc4cc4ccccc34)nc(-c3ccccn3)n2)=C1. The molecule has 146 valence electrons. The maximum atomic E-state index is 5.02. The van der Waals surface area contributed by atoms with E-state index in [0.29, 0.717) is 5.82 Å². The number of hydrogen-bond donors (Lipinski definition) is 0. The molecule has 0 aliphatic heterocycles. The molecule has 1 aliphatic rings. The van der Waals surface area contributed by atoms with Crippen molar-refractivity contribution in [2.45, 2.75) is 6.42 Å². The van der Waals surface area contributed by atoms with Gasteiger partial charge in [-0.05, 0) is 57.8 Å². The van der Waals surface area contributed by atoms with Crippen molar-refractivity contribution in [3.8, 4) is 22.8 Å². The molecule has 3 nitrogen and oxygen atoms in total. The molecule has 0 saturated carbocycles. The van der Waals surface area contributed by atoms with Gasteiger partial charge >= 0.3 is 0 Å². The minimum atomic E-state index is 0.651. The molecule has 0 fully saturated rings. The van der Waals surface area contributed by atoms with E-state index in [1.807, 2.05) is 18.2 Å². The van der Waals surface area contributed by atoms with Gasteiger partial charge in [-0.2, -0.15) is 0 Å². The molecule has 0 bridgehead atoms. The largest absolute Gasteiger partial charge is 0.253 e. The first-order chi connectivity index (χ1) is 15.4. The second-order valence-corrected chi connectivity index (χ2v) is 7.70. The van der Waals surface area contributed by atoms with Crippen LogP contribution in [0.1, 0.15) is 12.1 Å². The molecule has 0 radical (unpaired) electrons. The Hall–Kier alpha value is -4.11. The third-order valence-electron chi connectivity index (χ3n) is 5.75. The Morgan fingerprint density at radius 3 is 2.03 bits per heavy atom. The molecule has 2 aromatic heterocycles. The number of hydrogen-bond acceptors (Lipinski definition) is 3. The van der Waals surface area contributed by atoms with E-state index >= 15 is 0 Å². The predicted octanol–water partition coefficient (Wildman–Crippen LogP) is 6.86. The first-order valence-corrected chi connectivity index (χ1v) is 10.4. The summed E-state index contributed by atoms with van der Waals surface area (Å²) >= 11 is 0. The number of allylic oxidation sites excluding steroid dienone is 4. The van der Waals surface area contributed by atoms with Gasteiger partial charge in [0.15, 0.2) is 5.82 Å². The van der Waals surface area contributed by atoms with Crippen molar-refractivity contribution in [1.29, 1.82) is 0 Å². The van der Waals surface area contributed by atoms with Gasteiger partial charge in [-0.1, -0.05) is 72.8 Å². The van der Waals surface area contributed by atoms with Crippen LogP contribution in [0.15, 0.2) is 103 Å². The van der Waals surface area contributed by atoms with Gasteiger partial charge in [-0.15, -0.1) is 0 Å². The van der Waals surface area contributed by atoms with Crippen molar-refractivity contribution in [3.05, 3.63) is 109 Å². The van der Waals surface area contributed by atoms with E-state index in [0.717, 1.165) is 29.1 Å². The van der Waals surface area contributed by atoms with E-state index < -0.39 is 0 Å². The van der Waals surface area contributed by atoms with Crippen LogP contribution in [0.3, 0.4) is 0 Å². The molecule has 5 aromatic rings. The highest BCUT2D eigenvalue weighted by Gasteiger charge is 2.16. The smallest absolute Gasteiger partial charge is 0.179 e. The highest BCUT2D eigenvalue weighted by atomic mass is 14.9. The lowest BCUT2D eigenvalue weighted by molar-refractivity contribution is 1.12. The molecule has 0 atom stereocenters. The van der Waals surface area contributed by atoms with Crippen LogP contribution in [0.25, 0.3) is 49.9 Å². The molecule has 0 spiro atoms. The maximum Gasteiger partial charge on any atom is 0.179 e. The Morgan fingerprint density at radius 2 is 1.35 bits per heavy atom. The van der Waals surface area contributed by atoms with Crippen LogP contribution in [0.5, 0.6) is 0 Å². The number of fused-ring (bicyclic) bond motifs is 2. The van der Waals surface area contributed by atoms with Crippen LogP contribution in [-0.2, 0) is 0 Å². The van der Waals surface area contributed by atoms with Crippen LogP contribution in [-0.4, -0.2) is 15.0 Å². The van der Waals surface area contributed by atoms with E-state index in [2.05, 4.69) is 83.9 Å². The summed E-state index contributed by atoms with van der Waals surface area (Å²) in [7, 11) is 0. The third kappa shape index (κ3) is 3.11. The Balaban J connectivity index is 1.69. The topological polar surface area (TPSA) is 38.7 Å². The van der Waals surface area contributed by atoms with Gasteiger partial charge < -0.3 is 0 Å². The molecule has 3 aromatic carbocycles. The van der Waals surface area contributed by atoms with E-state index in [-0.39, 0.29) is 0 Å². The summed E-state index contributed by atoms with van der Waals surface area (Å²) in [4.78, 5) is 14.4. The predicted molar refractivity (Wildman–Crippen MR) is 127 cm³/mol. The fourth-order valence-corrected chi connectivity index (χ4v) is 4.28. The van der Waals surface area contributed by atoms with Gasteiger partial charge in [-0.25, -0.2) is 9.97 Å². The summed E-state index contributed by atoms with van der Waals surface area (Å²) in [6, 6.07) is 27.2. The summed E-state index contributed by atoms with van der Waals surface area (Å²) in [6.45, 7) is 0. The van der Waals surface area contributed by atoms with Crippen molar-refractivity contribution in [2.75, 3.05) is 0 Å². The minimum absolute atomic E-state index is 0.651.